The quantitative estimate of drug-likeness (QED) is 0.723. The van der Waals surface area contributed by atoms with E-state index in [9.17, 15) is 0 Å². The summed E-state index contributed by atoms with van der Waals surface area (Å²) in [5.41, 5.74) is 9.74. The van der Waals surface area contributed by atoms with Gasteiger partial charge in [0.1, 0.15) is 11.8 Å². The van der Waals surface area contributed by atoms with Crippen molar-refractivity contribution in [3.05, 3.63) is 60.4 Å². The summed E-state index contributed by atoms with van der Waals surface area (Å²) in [5, 5.41) is 1.14. The number of fused-ring (bicyclic) bond motifs is 1. The van der Waals surface area contributed by atoms with Gasteiger partial charge in [-0.05, 0) is 29.8 Å². The lowest BCUT2D eigenvalue weighted by Crippen LogP contribution is -2.15. The van der Waals surface area contributed by atoms with Crippen molar-refractivity contribution < 1.29 is 4.42 Å². The molecule has 0 fully saturated rings. The fraction of sp³-hybridized carbons (Fsp3) is 0.125. The lowest BCUT2D eigenvalue weighted by molar-refractivity contribution is 0.614. The zero-order valence-electron chi connectivity index (χ0n) is 10.8. The van der Waals surface area contributed by atoms with Gasteiger partial charge in [-0.3, -0.25) is 0 Å². The fourth-order valence-electron chi connectivity index (χ4n) is 2.24. The van der Waals surface area contributed by atoms with E-state index in [0.717, 1.165) is 28.9 Å². The van der Waals surface area contributed by atoms with Crippen LogP contribution in [0, 0.1) is 0 Å². The molecule has 0 aliphatic carbocycles. The molecule has 0 aliphatic rings. The van der Waals surface area contributed by atoms with Crippen LogP contribution in [0.25, 0.3) is 11.0 Å². The van der Waals surface area contributed by atoms with E-state index in [-0.39, 0.29) is 0 Å². The van der Waals surface area contributed by atoms with Crippen LogP contribution in [-0.2, 0) is 6.54 Å². The molecule has 3 rings (SSSR count). The third-order valence-electron chi connectivity index (χ3n) is 3.27. The molecule has 0 saturated heterocycles. The van der Waals surface area contributed by atoms with Crippen LogP contribution in [0.4, 0.5) is 11.4 Å². The number of furan rings is 1. The van der Waals surface area contributed by atoms with Gasteiger partial charge in [-0.25, -0.2) is 0 Å². The highest BCUT2D eigenvalue weighted by atomic mass is 16.3. The van der Waals surface area contributed by atoms with Crippen molar-refractivity contribution in [2.24, 2.45) is 0 Å². The summed E-state index contributed by atoms with van der Waals surface area (Å²) in [6.07, 6.45) is 1.81. The summed E-state index contributed by atoms with van der Waals surface area (Å²) in [6, 6.07) is 16.0. The monoisotopic (exact) mass is 252 g/mol. The first-order valence-electron chi connectivity index (χ1n) is 6.26. The minimum Gasteiger partial charge on any atom is -0.462 e. The second-order valence-corrected chi connectivity index (χ2v) is 4.71. The van der Waals surface area contributed by atoms with Crippen LogP contribution < -0.4 is 10.6 Å². The number of para-hydroxylation sites is 1. The molecule has 0 atom stereocenters. The molecule has 19 heavy (non-hydrogen) atoms. The summed E-state index contributed by atoms with van der Waals surface area (Å²) >= 11 is 0. The van der Waals surface area contributed by atoms with E-state index in [0.29, 0.717) is 0 Å². The molecule has 3 heteroatoms. The lowest BCUT2D eigenvalue weighted by Gasteiger charge is -2.17. The highest BCUT2D eigenvalue weighted by Gasteiger charge is 2.09. The van der Waals surface area contributed by atoms with E-state index >= 15 is 0 Å². The topological polar surface area (TPSA) is 42.4 Å². The van der Waals surface area contributed by atoms with Crippen LogP contribution in [0.1, 0.15) is 5.56 Å². The van der Waals surface area contributed by atoms with Crippen LogP contribution in [0.2, 0.25) is 0 Å². The van der Waals surface area contributed by atoms with Crippen LogP contribution >= 0.6 is 0 Å². The summed E-state index contributed by atoms with van der Waals surface area (Å²) in [7, 11) is 2.06. The van der Waals surface area contributed by atoms with Gasteiger partial charge in [-0.1, -0.05) is 24.3 Å². The molecule has 0 aliphatic heterocycles. The number of benzene rings is 2. The predicted molar refractivity (Wildman–Crippen MR) is 79.2 cm³/mol. The van der Waals surface area contributed by atoms with Gasteiger partial charge >= 0.3 is 0 Å². The summed E-state index contributed by atoms with van der Waals surface area (Å²) in [4.78, 5) is 2.18. The van der Waals surface area contributed by atoms with Gasteiger partial charge in [0.15, 0.2) is 0 Å². The van der Waals surface area contributed by atoms with E-state index in [2.05, 4.69) is 18.0 Å². The smallest absolute Gasteiger partial charge is 0.136 e. The summed E-state index contributed by atoms with van der Waals surface area (Å²) in [5.74, 6) is 0. The molecule has 3 aromatic rings. The molecular weight excluding hydrogens is 236 g/mol. The fourth-order valence-corrected chi connectivity index (χ4v) is 2.24. The number of nitrogen functional groups attached to an aromatic ring is 1. The van der Waals surface area contributed by atoms with Gasteiger partial charge in [0.2, 0.25) is 0 Å². The second kappa shape index (κ2) is 4.69. The first-order chi connectivity index (χ1) is 9.24. The molecule has 2 N–H and O–H groups in total. The highest BCUT2D eigenvalue weighted by molar-refractivity contribution is 5.90. The zero-order chi connectivity index (χ0) is 13.2. The maximum Gasteiger partial charge on any atom is 0.136 e. The van der Waals surface area contributed by atoms with Gasteiger partial charge in [-0.2, -0.15) is 0 Å². The van der Waals surface area contributed by atoms with Gasteiger partial charge < -0.3 is 15.1 Å². The van der Waals surface area contributed by atoms with E-state index in [1.807, 2.05) is 48.7 Å². The molecule has 96 valence electrons. The van der Waals surface area contributed by atoms with Gasteiger partial charge in [-0.15, -0.1) is 0 Å². The maximum absolute atomic E-state index is 5.70. The highest BCUT2D eigenvalue weighted by Crippen LogP contribution is 2.28. The Morgan fingerprint density at radius 3 is 2.58 bits per heavy atom. The van der Waals surface area contributed by atoms with Crippen LogP contribution in [0.5, 0.6) is 0 Å². The van der Waals surface area contributed by atoms with Crippen molar-refractivity contribution in [1.82, 2.24) is 0 Å². The largest absolute Gasteiger partial charge is 0.462 e. The zero-order valence-corrected chi connectivity index (χ0v) is 10.8. The number of anilines is 2. The molecule has 0 unspecified atom stereocenters. The Labute approximate surface area is 112 Å². The minimum atomic E-state index is 0.792. The Kier molecular flexibility index (Phi) is 2.88. The number of hydrogen-bond donors (Lipinski definition) is 1. The van der Waals surface area contributed by atoms with Crippen LogP contribution in [0.3, 0.4) is 0 Å². The van der Waals surface area contributed by atoms with Gasteiger partial charge in [0.25, 0.3) is 0 Å². The number of nitrogens with two attached hydrogens (primary N) is 1. The average molecular weight is 252 g/mol. The summed E-state index contributed by atoms with van der Waals surface area (Å²) in [6.45, 7) is 0.823. The van der Waals surface area contributed by atoms with Gasteiger partial charge in [0, 0.05) is 24.7 Å². The Hall–Kier alpha value is -2.42. The number of nitrogens with zero attached hydrogens (tertiary/aromatic N) is 1. The van der Waals surface area contributed by atoms with Crippen LogP contribution in [-0.4, -0.2) is 7.05 Å². The number of hydrogen-bond acceptors (Lipinski definition) is 3. The van der Waals surface area contributed by atoms with Gasteiger partial charge in [0.05, 0.1) is 5.69 Å². The third-order valence-corrected chi connectivity index (χ3v) is 3.27. The Bertz CT molecular complexity index is 685. The van der Waals surface area contributed by atoms with E-state index < -0.39 is 0 Å². The molecule has 1 aromatic heterocycles. The first kappa shape index (κ1) is 11.7. The second-order valence-electron chi connectivity index (χ2n) is 4.71. The summed E-state index contributed by atoms with van der Waals surface area (Å²) < 4.78 is 5.57. The third kappa shape index (κ3) is 2.27. The Morgan fingerprint density at radius 1 is 1.05 bits per heavy atom. The molecular formula is C16H16N2O. The SMILES string of the molecule is CN(Cc1ccc(N)cc1)c1coc2ccccc12. The normalized spacial score (nSPS) is 10.8. The molecule has 0 saturated carbocycles. The van der Waals surface area contributed by atoms with E-state index in [4.69, 9.17) is 10.2 Å². The average Bonchev–Trinajstić information content (AvgIpc) is 2.85. The molecule has 2 aromatic carbocycles. The minimum absolute atomic E-state index is 0.792. The van der Waals surface area contributed by atoms with Crippen molar-refractivity contribution in [3.8, 4) is 0 Å². The Morgan fingerprint density at radius 2 is 1.79 bits per heavy atom. The van der Waals surface area contributed by atoms with Crippen molar-refractivity contribution >= 4 is 22.3 Å². The molecule has 0 spiro atoms. The lowest BCUT2D eigenvalue weighted by atomic mass is 10.2. The van der Waals surface area contributed by atoms with E-state index in [1.54, 1.807) is 0 Å². The number of rotatable bonds is 3. The maximum atomic E-state index is 5.70. The standard InChI is InChI=1S/C16H16N2O/c1-18(10-12-6-8-13(17)9-7-12)15-11-19-16-5-3-2-4-14(15)16/h2-9,11H,10,17H2,1H3. The van der Waals surface area contributed by atoms with Crippen molar-refractivity contribution in [3.63, 3.8) is 0 Å². The first-order valence-corrected chi connectivity index (χ1v) is 6.26. The Balaban J connectivity index is 1.87. The molecule has 1 heterocycles. The van der Waals surface area contributed by atoms with E-state index in [1.165, 1.54) is 5.56 Å². The van der Waals surface area contributed by atoms with Crippen LogP contribution in [0.15, 0.2) is 59.2 Å². The van der Waals surface area contributed by atoms with Crippen molar-refractivity contribution in [2.45, 2.75) is 6.54 Å². The molecule has 0 amide bonds. The molecule has 0 bridgehead atoms. The molecule has 3 nitrogen and oxygen atoms in total. The van der Waals surface area contributed by atoms with Crippen molar-refractivity contribution in [2.75, 3.05) is 17.7 Å². The predicted octanol–water partition coefficient (Wildman–Crippen LogP) is 3.65. The molecule has 0 radical (unpaired) electrons. The van der Waals surface area contributed by atoms with Crippen molar-refractivity contribution in [1.29, 1.82) is 0 Å².